The number of amides is 1. The highest BCUT2D eigenvalue weighted by molar-refractivity contribution is 7.90. The van der Waals surface area contributed by atoms with Gasteiger partial charge in [-0.15, -0.1) is 0 Å². The Morgan fingerprint density at radius 2 is 1.77 bits per heavy atom. The predicted octanol–water partition coefficient (Wildman–Crippen LogP) is 5.44. The normalized spacial score (nSPS) is 17.2. The van der Waals surface area contributed by atoms with E-state index >= 15 is 0 Å². The fraction of sp³-hybridized carbons (Fsp3) is 0.316. The van der Waals surface area contributed by atoms with Gasteiger partial charge in [-0.1, -0.05) is 30.3 Å². The Morgan fingerprint density at radius 1 is 1.02 bits per heavy atom. The molecule has 3 aromatic carbocycles. The fourth-order valence-corrected chi connectivity index (χ4v) is 8.69. The number of piperazine rings is 1. The van der Waals surface area contributed by atoms with Gasteiger partial charge in [-0.25, -0.2) is 17.4 Å². The van der Waals surface area contributed by atoms with Crippen LogP contribution in [0.2, 0.25) is 0 Å². The van der Waals surface area contributed by atoms with Crippen LogP contribution in [0.3, 0.4) is 0 Å². The standard InChI is InChI=1S/C38H41N5O4S/c1-25-18-30(19-29-14-15-32-23-40(3)16-17-42(32)36(25)29)31-20-34-35(27-10-12-28(13-11-27)38(45)41(4)22-26(2)44)24-43(37(34)39-21-31)48(46,47)33-8-6-5-7-9-33/h5-13,18-21,24,26,32,44H,14-17,22-23H2,1-4H3/t26-,32?/m1/s1. The van der Waals surface area contributed by atoms with Gasteiger partial charge in [0.25, 0.3) is 15.9 Å². The van der Waals surface area contributed by atoms with E-state index in [0.29, 0.717) is 28.2 Å². The predicted molar refractivity (Wildman–Crippen MR) is 190 cm³/mol. The molecular weight excluding hydrogens is 623 g/mol. The maximum atomic E-state index is 13.9. The zero-order valence-corrected chi connectivity index (χ0v) is 28.6. The first kappa shape index (κ1) is 32.1. The number of aromatic nitrogens is 2. The van der Waals surface area contributed by atoms with Gasteiger partial charge in [0.2, 0.25) is 0 Å². The molecule has 2 aromatic heterocycles. The summed E-state index contributed by atoms with van der Waals surface area (Å²) in [7, 11) is -0.0920. The summed E-state index contributed by atoms with van der Waals surface area (Å²) < 4.78 is 29.1. The van der Waals surface area contributed by atoms with E-state index in [1.54, 1.807) is 68.8 Å². The molecule has 48 heavy (non-hydrogen) atoms. The quantitative estimate of drug-likeness (QED) is 0.248. The van der Waals surface area contributed by atoms with E-state index < -0.39 is 16.1 Å². The molecule has 1 N–H and O–H groups in total. The van der Waals surface area contributed by atoms with Crippen molar-refractivity contribution >= 4 is 32.7 Å². The monoisotopic (exact) mass is 663 g/mol. The first-order valence-corrected chi connectivity index (χ1v) is 17.9. The van der Waals surface area contributed by atoms with Crippen LogP contribution in [-0.2, 0) is 16.4 Å². The zero-order chi connectivity index (χ0) is 33.7. The van der Waals surface area contributed by atoms with E-state index in [0.717, 1.165) is 49.2 Å². The number of aliphatic hydroxyl groups is 1. The van der Waals surface area contributed by atoms with Crippen LogP contribution in [0.1, 0.15) is 34.8 Å². The Bertz CT molecular complexity index is 2110. The average Bonchev–Trinajstić information content (AvgIpc) is 3.47. The molecule has 4 heterocycles. The Hall–Kier alpha value is -4.51. The molecule has 9 nitrogen and oxygen atoms in total. The van der Waals surface area contributed by atoms with E-state index in [2.05, 4.69) is 35.9 Å². The molecule has 10 heteroatoms. The van der Waals surface area contributed by atoms with Gasteiger partial charge in [-0.2, -0.15) is 0 Å². The number of carbonyl (C=O) groups excluding carboxylic acids is 1. The summed E-state index contributed by atoms with van der Waals surface area (Å²) in [6.45, 7) is 7.21. The maximum Gasteiger partial charge on any atom is 0.269 e. The second-order valence-corrected chi connectivity index (χ2v) is 15.1. The average molecular weight is 664 g/mol. The number of anilines is 1. The zero-order valence-electron chi connectivity index (χ0n) is 27.8. The summed E-state index contributed by atoms with van der Waals surface area (Å²) in [4.78, 5) is 24.4. The molecule has 2 aliphatic rings. The summed E-state index contributed by atoms with van der Waals surface area (Å²) >= 11 is 0. The number of likely N-dealkylation sites (N-methyl/N-ethyl adjacent to an activating group) is 2. The smallest absolute Gasteiger partial charge is 0.269 e. The summed E-state index contributed by atoms with van der Waals surface area (Å²) in [6.07, 6.45) is 4.90. The number of nitrogens with zero attached hydrogens (tertiary/aromatic N) is 5. The number of aryl methyl sites for hydroxylation is 2. The number of hydrogen-bond acceptors (Lipinski definition) is 7. The van der Waals surface area contributed by atoms with Crippen LogP contribution in [0.5, 0.6) is 0 Å². The molecule has 0 spiro atoms. The van der Waals surface area contributed by atoms with Gasteiger partial charge in [0.05, 0.1) is 11.0 Å². The van der Waals surface area contributed by atoms with Crippen molar-refractivity contribution < 1.29 is 18.3 Å². The lowest BCUT2D eigenvalue weighted by molar-refractivity contribution is 0.0703. The summed E-state index contributed by atoms with van der Waals surface area (Å²) in [5.74, 6) is -0.203. The first-order valence-electron chi connectivity index (χ1n) is 16.5. The Labute approximate surface area is 282 Å². The molecule has 248 valence electrons. The number of carbonyl (C=O) groups is 1. The van der Waals surface area contributed by atoms with Gasteiger partial charge in [-0.05, 0) is 98.5 Å². The van der Waals surface area contributed by atoms with Crippen LogP contribution < -0.4 is 4.90 Å². The van der Waals surface area contributed by atoms with Crippen LogP contribution >= 0.6 is 0 Å². The molecule has 1 saturated heterocycles. The molecule has 1 amide bonds. The van der Waals surface area contributed by atoms with Crippen LogP contribution in [-0.4, -0.2) is 90.6 Å². The molecule has 0 aliphatic carbocycles. The van der Waals surface area contributed by atoms with Crippen LogP contribution in [0.25, 0.3) is 33.3 Å². The number of rotatable bonds is 7. The summed E-state index contributed by atoms with van der Waals surface area (Å²) in [6, 6.07) is 22.6. The minimum absolute atomic E-state index is 0.175. The summed E-state index contributed by atoms with van der Waals surface area (Å²) in [5, 5.41) is 10.4. The molecule has 0 radical (unpaired) electrons. The molecule has 5 aromatic rings. The van der Waals surface area contributed by atoms with E-state index in [-0.39, 0.29) is 17.3 Å². The van der Waals surface area contributed by atoms with Crippen molar-refractivity contribution in [3.63, 3.8) is 0 Å². The third kappa shape index (κ3) is 5.78. The van der Waals surface area contributed by atoms with Crippen LogP contribution in [0.15, 0.2) is 90.1 Å². The van der Waals surface area contributed by atoms with E-state index in [9.17, 15) is 18.3 Å². The molecule has 0 bridgehead atoms. The van der Waals surface area contributed by atoms with Crippen molar-refractivity contribution in [3.8, 4) is 22.3 Å². The lowest BCUT2D eigenvalue weighted by Gasteiger charge is -2.46. The lowest BCUT2D eigenvalue weighted by Crippen LogP contribution is -2.54. The van der Waals surface area contributed by atoms with Crippen LogP contribution in [0, 0.1) is 6.92 Å². The van der Waals surface area contributed by atoms with Gasteiger partial charge in [0, 0.05) is 79.4 Å². The van der Waals surface area contributed by atoms with Crippen molar-refractivity contribution in [1.82, 2.24) is 18.8 Å². The van der Waals surface area contributed by atoms with Crippen LogP contribution in [0.4, 0.5) is 5.69 Å². The third-order valence-corrected chi connectivity index (χ3v) is 11.3. The van der Waals surface area contributed by atoms with Gasteiger partial charge in [0.15, 0.2) is 5.65 Å². The molecule has 1 unspecified atom stereocenters. The SMILES string of the molecule is Cc1cc(-c2cnc3c(c2)c(-c2ccc(C(=O)N(C)C[C@@H](C)O)cc2)cn3S(=O)(=O)c2ccccc2)cc2c1N1CCN(C)CC1CC2. The molecule has 0 saturated carbocycles. The Balaban J connectivity index is 1.33. The van der Waals surface area contributed by atoms with Crippen molar-refractivity contribution in [2.24, 2.45) is 0 Å². The van der Waals surface area contributed by atoms with Gasteiger partial charge in [-0.3, -0.25) is 4.79 Å². The molecule has 2 aliphatic heterocycles. The second-order valence-electron chi connectivity index (χ2n) is 13.3. The van der Waals surface area contributed by atoms with Crippen molar-refractivity contribution in [2.75, 3.05) is 45.2 Å². The van der Waals surface area contributed by atoms with Crippen molar-refractivity contribution in [1.29, 1.82) is 0 Å². The molecule has 7 rings (SSSR count). The Kier molecular flexibility index (Phi) is 8.35. The minimum atomic E-state index is -3.95. The number of aliphatic hydroxyl groups excluding tert-OH is 1. The Morgan fingerprint density at radius 3 is 2.50 bits per heavy atom. The fourth-order valence-electron chi connectivity index (χ4n) is 7.34. The highest BCUT2D eigenvalue weighted by atomic mass is 32.2. The molecule has 2 atom stereocenters. The van der Waals surface area contributed by atoms with E-state index in [1.165, 1.54) is 25.7 Å². The largest absolute Gasteiger partial charge is 0.392 e. The first-order chi connectivity index (χ1) is 23.0. The number of hydrogen-bond donors (Lipinski definition) is 1. The highest BCUT2D eigenvalue weighted by Gasteiger charge is 2.32. The molecular formula is C38H41N5O4S. The molecule has 1 fully saturated rings. The van der Waals surface area contributed by atoms with Crippen molar-refractivity contribution in [2.45, 2.75) is 43.7 Å². The van der Waals surface area contributed by atoms with E-state index in [1.807, 2.05) is 18.2 Å². The highest BCUT2D eigenvalue weighted by Crippen LogP contribution is 2.40. The second kappa shape index (κ2) is 12.5. The summed E-state index contributed by atoms with van der Waals surface area (Å²) in [5.41, 5.74) is 8.18. The minimum Gasteiger partial charge on any atom is -0.392 e. The van der Waals surface area contributed by atoms with Gasteiger partial charge < -0.3 is 19.8 Å². The third-order valence-electron chi connectivity index (χ3n) is 9.67. The van der Waals surface area contributed by atoms with Gasteiger partial charge in [0.1, 0.15) is 0 Å². The lowest BCUT2D eigenvalue weighted by atomic mass is 9.89. The number of fused-ring (bicyclic) bond motifs is 4. The number of benzene rings is 3. The topological polar surface area (TPSA) is 99.0 Å². The number of pyridine rings is 1. The van der Waals surface area contributed by atoms with Crippen molar-refractivity contribution in [3.05, 3.63) is 102 Å². The van der Waals surface area contributed by atoms with E-state index in [4.69, 9.17) is 4.98 Å². The van der Waals surface area contributed by atoms with Gasteiger partial charge >= 0.3 is 0 Å². The maximum absolute atomic E-state index is 13.9.